The molecule has 1 aromatic rings. The quantitative estimate of drug-likeness (QED) is 0.879. The van der Waals surface area contributed by atoms with Crippen molar-refractivity contribution in [3.05, 3.63) is 32.1 Å². The van der Waals surface area contributed by atoms with Crippen molar-refractivity contribution >= 4 is 5.91 Å². The molecule has 0 radical (unpaired) electrons. The van der Waals surface area contributed by atoms with E-state index in [0.29, 0.717) is 29.5 Å². The predicted octanol–water partition coefficient (Wildman–Crippen LogP) is 2.27. The molecule has 138 valence electrons. The third kappa shape index (κ3) is 4.22. The van der Waals surface area contributed by atoms with Crippen LogP contribution in [0.5, 0.6) is 0 Å². The second-order valence-electron chi connectivity index (χ2n) is 7.84. The second kappa shape index (κ2) is 7.58. The molecule has 0 aromatic carbocycles. The van der Waals surface area contributed by atoms with Crippen molar-refractivity contribution in [3.63, 3.8) is 0 Å². The average Bonchev–Trinajstić information content (AvgIpc) is 2.79. The summed E-state index contributed by atoms with van der Waals surface area (Å²) in [5.74, 6) is 0.133. The Morgan fingerprint density at radius 1 is 1.04 bits per heavy atom. The Balaban J connectivity index is 1.63. The Kier molecular flexibility index (Phi) is 5.45. The smallest absolute Gasteiger partial charge is 0.325 e. The molecule has 0 bridgehead atoms. The normalized spacial score (nSPS) is 20.4. The number of nitrogens with one attached hydrogen (secondary N) is 2. The topological polar surface area (TPSA) is 86.0 Å². The zero-order valence-corrected chi connectivity index (χ0v) is 15.2. The van der Waals surface area contributed by atoms with E-state index in [1.54, 1.807) is 6.92 Å². The highest BCUT2D eigenvalue weighted by molar-refractivity contribution is 5.76. The third-order valence-electron chi connectivity index (χ3n) is 6.02. The molecule has 0 atom stereocenters. The molecule has 6 heteroatoms. The number of aromatic amines is 2. The molecule has 1 saturated carbocycles. The van der Waals surface area contributed by atoms with Gasteiger partial charge in [-0.25, -0.2) is 4.79 Å². The number of hydrogen-bond donors (Lipinski definition) is 2. The molecular weight excluding hydrogens is 318 g/mol. The first-order chi connectivity index (χ1) is 12.0. The van der Waals surface area contributed by atoms with E-state index in [1.165, 1.54) is 44.9 Å². The number of amides is 1. The van der Waals surface area contributed by atoms with Crippen molar-refractivity contribution in [2.45, 2.75) is 71.1 Å². The fourth-order valence-electron chi connectivity index (χ4n) is 4.62. The van der Waals surface area contributed by atoms with Gasteiger partial charge < -0.3 is 9.88 Å². The summed E-state index contributed by atoms with van der Waals surface area (Å²) >= 11 is 0. The van der Waals surface area contributed by atoms with Crippen LogP contribution in [0.1, 0.15) is 69.0 Å². The molecule has 2 N–H and O–H groups in total. The number of nitrogens with zero attached hydrogens (tertiary/aromatic N) is 1. The molecular formula is C19H29N3O3. The van der Waals surface area contributed by atoms with Gasteiger partial charge in [-0.3, -0.25) is 14.6 Å². The summed E-state index contributed by atoms with van der Waals surface area (Å²) in [7, 11) is 0. The summed E-state index contributed by atoms with van der Waals surface area (Å²) in [6, 6.07) is 0. The molecule has 2 aliphatic rings. The lowest BCUT2D eigenvalue weighted by molar-refractivity contribution is -0.135. The van der Waals surface area contributed by atoms with Crippen LogP contribution in [0.25, 0.3) is 0 Å². The van der Waals surface area contributed by atoms with Gasteiger partial charge in [0.25, 0.3) is 5.56 Å². The average molecular weight is 347 g/mol. The Morgan fingerprint density at radius 3 is 2.40 bits per heavy atom. The van der Waals surface area contributed by atoms with Crippen LogP contribution in [-0.4, -0.2) is 33.9 Å². The molecule has 25 heavy (non-hydrogen) atoms. The van der Waals surface area contributed by atoms with E-state index in [4.69, 9.17) is 0 Å². The van der Waals surface area contributed by atoms with Gasteiger partial charge in [0.2, 0.25) is 5.91 Å². The van der Waals surface area contributed by atoms with Gasteiger partial charge in [-0.2, -0.15) is 0 Å². The van der Waals surface area contributed by atoms with Gasteiger partial charge in [-0.1, -0.05) is 25.7 Å². The van der Waals surface area contributed by atoms with Crippen LogP contribution in [0.4, 0.5) is 0 Å². The van der Waals surface area contributed by atoms with E-state index >= 15 is 0 Å². The van der Waals surface area contributed by atoms with Crippen LogP contribution in [-0.2, 0) is 11.2 Å². The molecule has 1 aromatic heterocycles. The van der Waals surface area contributed by atoms with Gasteiger partial charge >= 0.3 is 5.69 Å². The molecule has 2 heterocycles. The minimum atomic E-state index is -0.496. The highest BCUT2D eigenvalue weighted by Gasteiger charge is 2.36. The molecule has 0 unspecified atom stereocenters. The van der Waals surface area contributed by atoms with Crippen LogP contribution < -0.4 is 11.2 Å². The van der Waals surface area contributed by atoms with Gasteiger partial charge in [-0.05, 0) is 44.4 Å². The third-order valence-corrected chi connectivity index (χ3v) is 6.02. The largest absolute Gasteiger partial charge is 0.342 e. The highest BCUT2D eigenvalue weighted by atomic mass is 16.2. The van der Waals surface area contributed by atoms with Gasteiger partial charge in [0.05, 0.1) is 0 Å². The van der Waals surface area contributed by atoms with Crippen molar-refractivity contribution in [1.82, 2.24) is 14.9 Å². The number of carbonyl (C=O) groups is 1. The zero-order chi connectivity index (χ0) is 17.9. The van der Waals surface area contributed by atoms with Crippen LogP contribution in [0.15, 0.2) is 9.59 Å². The Morgan fingerprint density at radius 2 is 1.72 bits per heavy atom. The van der Waals surface area contributed by atoms with Gasteiger partial charge in [0.15, 0.2) is 0 Å². The summed E-state index contributed by atoms with van der Waals surface area (Å²) in [5, 5.41) is 0. The van der Waals surface area contributed by atoms with Gasteiger partial charge in [-0.15, -0.1) is 0 Å². The molecule has 1 saturated heterocycles. The van der Waals surface area contributed by atoms with Crippen molar-refractivity contribution in [1.29, 1.82) is 0 Å². The summed E-state index contributed by atoms with van der Waals surface area (Å²) < 4.78 is 0. The fraction of sp³-hybridized carbons (Fsp3) is 0.737. The van der Waals surface area contributed by atoms with Gasteiger partial charge in [0.1, 0.15) is 0 Å². The number of rotatable bonds is 3. The SMILES string of the molecule is Cc1[nH]c(=O)[nH]c(=O)c1CCC(=O)N1CCCC2(CCCCCC2)C1. The number of aromatic nitrogens is 2. The summed E-state index contributed by atoms with van der Waals surface area (Å²) in [6.07, 6.45) is 10.7. The monoisotopic (exact) mass is 347 g/mol. The molecule has 1 spiro atoms. The lowest BCUT2D eigenvalue weighted by Gasteiger charge is -2.43. The Bertz CT molecular complexity index is 726. The van der Waals surface area contributed by atoms with E-state index in [2.05, 4.69) is 9.97 Å². The highest BCUT2D eigenvalue weighted by Crippen LogP contribution is 2.42. The van der Waals surface area contributed by atoms with Crippen molar-refractivity contribution in [2.24, 2.45) is 5.41 Å². The maximum atomic E-state index is 12.7. The maximum Gasteiger partial charge on any atom is 0.325 e. The van der Waals surface area contributed by atoms with Crippen LogP contribution in [0.3, 0.4) is 0 Å². The Labute approximate surface area is 148 Å². The maximum absolute atomic E-state index is 12.7. The van der Waals surface area contributed by atoms with E-state index in [9.17, 15) is 14.4 Å². The van der Waals surface area contributed by atoms with E-state index in [0.717, 1.165) is 19.5 Å². The Hall–Kier alpha value is -1.85. The number of aryl methyl sites for hydroxylation is 1. The van der Waals surface area contributed by atoms with Crippen LogP contribution in [0.2, 0.25) is 0 Å². The number of H-pyrrole nitrogens is 2. The number of hydrogen-bond acceptors (Lipinski definition) is 3. The standard InChI is InChI=1S/C19H29N3O3/c1-14-15(17(24)21-18(25)20-14)7-8-16(23)22-12-6-11-19(13-22)9-4-2-3-5-10-19/h2-13H2,1H3,(H2,20,21,24,25). The number of carbonyl (C=O) groups excluding carboxylic acids is 1. The van der Waals surface area contributed by atoms with Crippen molar-refractivity contribution in [2.75, 3.05) is 13.1 Å². The lowest BCUT2D eigenvalue weighted by atomic mass is 9.74. The molecule has 2 fully saturated rings. The molecule has 6 nitrogen and oxygen atoms in total. The van der Waals surface area contributed by atoms with E-state index < -0.39 is 5.69 Å². The molecule has 1 aliphatic heterocycles. The number of likely N-dealkylation sites (tertiary alicyclic amines) is 1. The minimum absolute atomic E-state index is 0.133. The zero-order valence-electron chi connectivity index (χ0n) is 15.2. The molecule has 1 amide bonds. The summed E-state index contributed by atoms with van der Waals surface area (Å²) in [4.78, 5) is 42.8. The van der Waals surface area contributed by atoms with Crippen molar-refractivity contribution < 1.29 is 4.79 Å². The predicted molar refractivity (Wildman–Crippen MR) is 96.7 cm³/mol. The molecule has 1 aliphatic carbocycles. The summed E-state index contributed by atoms with van der Waals surface area (Å²) in [5.41, 5.74) is 0.516. The lowest BCUT2D eigenvalue weighted by Crippen LogP contribution is -2.46. The first-order valence-corrected chi connectivity index (χ1v) is 9.59. The fourth-order valence-corrected chi connectivity index (χ4v) is 4.62. The number of piperidine rings is 1. The second-order valence-corrected chi connectivity index (χ2v) is 7.84. The first-order valence-electron chi connectivity index (χ1n) is 9.59. The first kappa shape index (κ1) is 18.0. The van der Waals surface area contributed by atoms with Crippen LogP contribution >= 0.6 is 0 Å². The van der Waals surface area contributed by atoms with Crippen molar-refractivity contribution in [3.8, 4) is 0 Å². The van der Waals surface area contributed by atoms with Gasteiger partial charge in [0, 0.05) is 30.8 Å². The van der Waals surface area contributed by atoms with E-state index in [1.807, 2.05) is 4.90 Å². The minimum Gasteiger partial charge on any atom is -0.342 e. The van der Waals surface area contributed by atoms with Crippen LogP contribution in [0, 0.1) is 12.3 Å². The summed E-state index contributed by atoms with van der Waals surface area (Å²) in [6.45, 7) is 3.42. The van der Waals surface area contributed by atoms with E-state index in [-0.39, 0.29) is 11.5 Å². The molecule has 3 rings (SSSR count).